The van der Waals surface area contributed by atoms with E-state index in [2.05, 4.69) is 4.74 Å². The van der Waals surface area contributed by atoms with Crippen LogP contribution >= 0.6 is 11.6 Å². The van der Waals surface area contributed by atoms with E-state index in [9.17, 15) is 31.1 Å². The highest BCUT2D eigenvalue weighted by atomic mass is 35.5. The molecule has 0 unspecified atom stereocenters. The zero-order valence-electron chi connectivity index (χ0n) is 9.12. The number of halogens is 7. The Morgan fingerprint density at radius 2 is 1.47 bits per heavy atom. The first-order chi connectivity index (χ1) is 8.48. The van der Waals surface area contributed by atoms with Crippen molar-refractivity contribution in [3.63, 3.8) is 0 Å². The number of carbonyl (C=O) groups excluding carboxylic acids is 1. The fourth-order valence-corrected chi connectivity index (χ4v) is 1.55. The van der Waals surface area contributed by atoms with Gasteiger partial charge in [-0.2, -0.15) is 26.3 Å². The van der Waals surface area contributed by atoms with E-state index in [1.807, 2.05) is 0 Å². The molecule has 1 aromatic carbocycles. The number of hydrogen-bond donors (Lipinski definition) is 0. The summed E-state index contributed by atoms with van der Waals surface area (Å²) in [6, 6.07) is 0.0770. The summed E-state index contributed by atoms with van der Waals surface area (Å²) in [4.78, 5) is 11.1. The lowest BCUT2D eigenvalue weighted by atomic mass is 10.0. The molecule has 0 aliphatic heterocycles. The van der Waals surface area contributed by atoms with E-state index in [4.69, 9.17) is 11.6 Å². The second-order valence-corrected chi connectivity index (χ2v) is 3.77. The van der Waals surface area contributed by atoms with E-state index in [1.165, 1.54) is 0 Å². The van der Waals surface area contributed by atoms with E-state index < -0.39 is 40.0 Å². The highest BCUT2D eigenvalue weighted by Crippen LogP contribution is 2.42. The third-order valence-corrected chi connectivity index (χ3v) is 2.44. The van der Waals surface area contributed by atoms with Crippen LogP contribution in [0.4, 0.5) is 26.3 Å². The Hall–Kier alpha value is -1.44. The lowest BCUT2D eigenvalue weighted by Crippen LogP contribution is -2.18. The molecule has 0 radical (unpaired) electrons. The van der Waals surface area contributed by atoms with Gasteiger partial charge in [-0.05, 0) is 12.1 Å². The van der Waals surface area contributed by atoms with Gasteiger partial charge in [0, 0.05) is 0 Å². The van der Waals surface area contributed by atoms with Crippen molar-refractivity contribution in [1.82, 2.24) is 0 Å². The highest BCUT2D eigenvalue weighted by molar-refractivity contribution is 6.33. The summed E-state index contributed by atoms with van der Waals surface area (Å²) in [6.07, 6.45) is -10.5. The summed E-state index contributed by atoms with van der Waals surface area (Å²) in [7, 11) is 0.865. The molecule has 0 fully saturated rings. The molecular formula is C10H5ClF6O2. The van der Waals surface area contributed by atoms with Gasteiger partial charge in [0.15, 0.2) is 0 Å². The van der Waals surface area contributed by atoms with Crippen molar-refractivity contribution < 1.29 is 35.9 Å². The van der Waals surface area contributed by atoms with Crippen LogP contribution < -0.4 is 0 Å². The van der Waals surface area contributed by atoms with Crippen LogP contribution in [-0.4, -0.2) is 13.1 Å². The summed E-state index contributed by atoms with van der Waals surface area (Å²) in [5.74, 6) is -1.26. The largest absolute Gasteiger partial charge is 0.465 e. The van der Waals surface area contributed by atoms with Crippen LogP contribution in [0.1, 0.15) is 21.5 Å². The maximum absolute atomic E-state index is 12.6. The molecule has 2 nitrogen and oxygen atoms in total. The molecule has 0 saturated heterocycles. The van der Waals surface area contributed by atoms with Gasteiger partial charge in [0.2, 0.25) is 0 Å². The van der Waals surface area contributed by atoms with Gasteiger partial charge in [-0.25, -0.2) is 4.79 Å². The number of hydrogen-bond acceptors (Lipinski definition) is 2. The van der Waals surface area contributed by atoms with E-state index in [0.29, 0.717) is 0 Å². The standard InChI is InChI=1S/C10H5ClF6O2/c1-19-8(18)4-2-5(9(12,13)14)6(3-7(4)11)10(15,16)17/h2-3H,1H3. The van der Waals surface area contributed by atoms with E-state index in [1.54, 1.807) is 0 Å². The van der Waals surface area contributed by atoms with Crippen LogP contribution in [0.15, 0.2) is 12.1 Å². The first-order valence-electron chi connectivity index (χ1n) is 4.54. The summed E-state index contributed by atoms with van der Waals surface area (Å²) in [5.41, 5.74) is -4.74. The van der Waals surface area contributed by atoms with Gasteiger partial charge in [0.1, 0.15) is 0 Å². The Kier molecular flexibility index (Phi) is 4.04. The van der Waals surface area contributed by atoms with Crippen molar-refractivity contribution in [2.75, 3.05) is 7.11 Å². The van der Waals surface area contributed by atoms with Crippen LogP contribution in [-0.2, 0) is 17.1 Å². The first-order valence-corrected chi connectivity index (χ1v) is 4.92. The maximum Gasteiger partial charge on any atom is 0.417 e. The average molecular weight is 307 g/mol. The maximum atomic E-state index is 12.6. The molecule has 1 rings (SSSR count). The fourth-order valence-electron chi connectivity index (χ4n) is 1.31. The third kappa shape index (κ3) is 3.31. The average Bonchev–Trinajstić information content (AvgIpc) is 2.24. The third-order valence-electron chi connectivity index (χ3n) is 2.12. The number of alkyl halides is 6. The minimum absolute atomic E-state index is 0.0248. The van der Waals surface area contributed by atoms with E-state index >= 15 is 0 Å². The molecule has 0 amide bonds. The highest BCUT2D eigenvalue weighted by Gasteiger charge is 2.44. The van der Waals surface area contributed by atoms with E-state index in [-0.39, 0.29) is 12.1 Å². The lowest BCUT2D eigenvalue weighted by Gasteiger charge is -2.17. The van der Waals surface area contributed by atoms with Crippen molar-refractivity contribution in [3.05, 3.63) is 33.8 Å². The summed E-state index contributed by atoms with van der Waals surface area (Å²) < 4.78 is 79.3. The second-order valence-electron chi connectivity index (χ2n) is 3.36. The van der Waals surface area contributed by atoms with Gasteiger partial charge in [-0.15, -0.1) is 0 Å². The lowest BCUT2D eigenvalue weighted by molar-refractivity contribution is -0.162. The molecule has 0 atom stereocenters. The number of methoxy groups -OCH3 is 1. The van der Waals surface area contributed by atoms with Crippen molar-refractivity contribution in [1.29, 1.82) is 0 Å². The van der Waals surface area contributed by atoms with Gasteiger partial charge in [-0.1, -0.05) is 11.6 Å². The molecule has 0 bridgehead atoms. The minimum atomic E-state index is -5.28. The van der Waals surface area contributed by atoms with Gasteiger partial charge in [0.05, 0.1) is 28.8 Å². The zero-order valence-corrected chi connectivity index (χ0v) is 9.87. The predicted octanol–water partition coefficient (Wildman–Crippen LogP) is 4.16. The normalized spacial score (nSPS) is 12.4. The Morgan fingerprint density at radius 3 is 1.84 bits per heavy atom. The Morgan fingerprint density at radius 1 is 1.05 bits per heavy atom. The molecule has 106 valence electrons. The Bertz CT molecular complexity index is 506. The van der Waals surface area contributed by atoms with Crippen LogP contribution in [0.3, 0.4) is 0 Å². The van der Waals surface area contributed by atoms with Gasteiger partial charge < -0.3 is 4.74 Å². The summed E-state index contributed by atoms with van der Waals surface area (Å²) in [6.45, 7) is 0. The number of esters is 1. The molecule has 0 saturated carbocycles. The SMILES string of the molecule is COC(=O)c1cc(C(F)(F)F)c(C(F)(F)F)cc1Cl. The molecule has 0 aliphatic rings. The molecule has 9 heteroatoms. The first kappa shape index (κ1) is 15.6. The van der Waals surface area contributed by atoms with Crippen LogP contribution in [0.25, 0.3) is 0 Å². The number of benzene rings is 1. The Balaban J connectivity index is 3.61. The van der Waals surface area contributed by atoms with Crippen LogP contribution in [0, 0.1) is 0 Å². The van der Waals surface area contributed by atoms with Crippen molar-refractivity contribution in [2.45, 2.75) is 12.4 Å². The molecule has 1 aromatic rings. The molecule has 0 aliphatic carbocycles. The minimum Gasteiger partial charge on any atom is -0.465 e. The number of rotatable bonds is 1. The van der Waals surface area contributed by atoms with Crippen LogP contribution in [0.5, 0.6) is 0 Å². The van der Waals surface area contributed by atoms with Crippen molar-refractivity contribution >= 4 is 17.6 Å². The fraction of sp³-hybridized carbons (Fsp3) is 0.300. The monoisotopic (exact) mass is 306 g/mol. The van der Waals surface area contributed by atoms with E-state index in [0.717, 1.165) is 7.11 Å². The summed E-state index contributed by atoms with van der Waals surface area (Å²) in [5, 5.41) is -0.771. The number of ether oxygens (including phenoxy) is 1. The number of carbonyl (C=O) groups is 1. The topological polar surface area (TPSA) is 26.3 Å². The van der Waals surface area contributed by atoms with Gasteiger partial charge >= 0.3 is 18.3 Å². The van der Waals surface area contributed by atoms with Crippen molar-refractivity contribution in [2.24, 2.45) is 0 Å². The Labute approximate surface area is 107 Å². The van der Waals surface area contributed by atoms with Crippen LogP contribution in [0.2, 0.25) is 5.02 Å². The van der Waals surface area contributed by atoms with Gasteiger partial charge in [0.25, 0.3) is 0 Å². The molecule has 0 aromatic heterocycles. The molecule has 0 N–H and O–H groups in total. The molecule has 0 spiro atoms. The second kappa shape index (κ2) is 4.92. The quantitative estimate of drug-likeness (QED) is 0.575. The predicted molar refractivity (Wildman–Crippen MR) is 52.8 cm³/mol. The van der Waals surface area contributed by atoms with Crippen molar-refractivity contribution in [3.8, 4) is 0 Å². The molecule has 19 heavy (non-hydrogen) atoms. The molecule has 0 heterocycles. The van der Waals surface area contributed by atoms with Gasteiger partial charge in [-0.3, -0.25) is 0 Å². The summed E-state index contributed by atoms with van der Waals surface area (Å²) >= 11 is 5.36. The molecular weight excluding hydrogens is 302 g/mol. The zero-order chi connectivity index (χ0) is 15.0. The smallest absolute Gasteiger partial charge is 0.417 e.